The molecule has 0 amide bonds. The van der Waals surface area contributed by atoms with E-state index >= 15 is 0 Å². The minimum Gasteiger partial charge on any atom is -0.465 e. The summed E-state index contributed by atoms with van der Waals surface area (Å²) >= 11 is 0. The normalized spacial score (nSPS) is 26.4. The van der Waals surface area contributed by atoms with Gasteiger partial charge in [0.1, 0.15) is 0 Å². The molecule has 2 aliphatic carbocycles. The third-order valence-electron chi connectivity index (χ3n) is 8.32. The summed E-state index contributed by atoms with van der Waals surface area (Å²) in [7, 11) is 0. The quantitative estimate of drug-likeness (QED) is 0.256. The Kier molecular flexibility index (Phi) is 7.23. The Balaban J connectivity index is 1.74. The minimum atomic E-state index is -4.49. The van der Waals surface area contributed by atoms with Crippen LogP contribution in [0.1, 0.15) is 61.5 Å². The van der Waals surface area contributed by atoms with Crippen molar-refractivity contribution in [3.63, 3.8) is 0 Å². The standard InChI is InChI=1S/C29H31F3O5/c1-4-36-25(34)28(26(35)37-5-2)16-19-15-22(24(33)18-11-13-21(14-12-18)29(30,31)32)27(3,23(19)17-28)20-9-7-6-8-10-20/h6-14,19,22-23H,4-5,15-17H2,1-3H3/t19-,22+,23+,27+/m0/s1. The Morgan fingerprint density at radius 2 is 1.46 bits per heavy atom. The third kappa shape index (κ3) is 4.55. The summed E-state index contributed by atoms with van der Waals surface area (Å²) in [6, 6.07) is 13.7. The maximum absolute atomic E-state index is 13.8. The van der Waals surface area contributed by atoms with Crippen molar-refractivity contribution >= 4 is 17.7 Å². The monoisotopic (exact) mass is 516 g/mol. The Labute approximate surface area is 214 Å². The van der Waals surface area contributed by atoms with Crippen LogP contribution in [0.5, 0.6) is 0 Å². The molecule has 2 aromatic carbocycles. The lowest BCUT2D eigenvalue weighted by Gasteiger charge is -2.38. The molecule has 0 saturated heterocycles. The predicted octanol–water partition coefficient (Wildman–Crippen LogP) is 6.00. The summed E-state index contributed by atoms with van der Waals surface area (Å²) in [6.45, 7) is 5.57. The average molecular weight is 517 g/mol. The molecule has 0 N–H and O–H groups in total. The van der Waals surface area contributed by atoms with Crippen molar-refractivity contribution in [1.82, 2.24) is 0 Å². The van der Waals surface area contributed by atoms with Crippen molar-refractivity contribution in [1.29, 1.82) is 0 Å². The molecular formula is C29H31F3O5. The highest BCUT2D eigenvalue weighted by atomic mass is 19.4. The number of hydrogen-bond acceptors (Lipinski definition) is 5. The number of rotatable bonds is 7. The van der Waals surface area contributed by atoms with Crippen molar-refractivity contribution in [2.24, 2.45) is 23.2 Å². The second kappa shape index (κ2) is 9.95. The molecule has 2 aliphatic rings. The Hall–Kier alpha value is -3.16. The number of esters is 2. The second-order valence-electron chi connectivity index (χ2n) is 10.2. The number of carbonyl (C=O) groups excluding carboxylic acids is 3. The average Bonchev–Trinajstić information content (AvgIpc) is 3.40. The molecule has 8 heteroatoms. The molecule has 4 rings (SSSR count). The van der Waals surface area contributed by atoms with Crippen LogP contribution in [-0.4, -0.2) is 30.9 Å². The molecule has 0 radical (unpaired) electrons. The first-order valence-corrected chi connectivity index (χ1v) is 12.6. The number of benzene rings is 2. The van der Waals surface area contributed by atoms with E-state index in [-0.39, 0.29) is 49.2 Å². The number of hydrogen-bond donors (Lipinski definition) is 0. The van der Waals surface area contributed by atoms with E-state index in [0.29, 0.717) is 6.42 Å². The number of carbonyl (C=O) groups is 3. The first kappa shape index (κ1) is 26.9. The molecule has 0 unspecified atom stereocenters. The molecule has 2 fully saturated rings. The zero-order chi connectivity index (χ0) is 27.0. The lowest BCUT2D eigenvalue weighted by atomic mass is 9.64. The number of ketones is 1. The van der Waals surface area contributed by atoms with Gasteiger partial charge in [-0.05, 0) is 62.6 Å². The second-order valence-corrected chi connectivity index (χ2v) is 10.2. The number of fused-ring (bicyclic) bond motifs is 1. The van der Waals surface area contributed by atoms with Crippen LogP contribution in [0.3, 0.4) is 0 Å². The van der Waals surface area contributed by atoms with Gasteiger partial charge in [-0.25, -0.2) is 0 Å². The number of ether oxygens (including phenoxy) is 2. The number of halogens is 3. The summed E-state index contributed by atoms with van der Waals surface area (Å²) in [5.41, 5.74) is -1.92. The van der Waals surface area contributed by atoms with E-state index < -0.39 is 40.4 Å². The van der Waals surface area contributed by atoms with Gasteiger partial charge in [0.05, 0.1) is 18.8 Å². The first-order valence-electron chi connectivity index (χ1n) is 12.6. The van der Waals surface area contributed by atoms with Gasteiger partial charge >= 0.3 is 18.1 Å². The highest BCUT2D eigenvalue weighted by molar-refractivity contribution is 6.01. The highest BCUT2D eigenvalue weighted by Gasteiger charge is 2.66. The van der Waals surface area contributed by atoms with Gasteiger partial charge in [-0.3, -0.25) is 14.4 Å². The van der Waals surface area contributed by atoms with Crippen LogP contribution in [0.15, 0.2) is 54.6 Å². The molecule has 0 bridgehead atoms. The van der Waals surface area contributed by atoms with Crippen molar-refractivity contribution in [3.05, 3.63) is 71.3 Å². The summed E-state index contributed by atoms with van der Waals surface area (Å²) in [6.07, 6.45) is -3.71. The van der Waals surface area contributed by atoms with Gasteiger partial charge in [0.15, 0.2) is 11.2 Å². The summed E-state index contributed by atoms with van der Waals surface area (Å²) in [5.74, 6) is -2.36. The fourth-order valence-electron chi connectivity index (χ4n) is 6.54. The van der Waals surface area contributed by atoms with E-state index in [1.807, 2.05) is 37.3 Å². The fourth-order valence-corrected chi connectivity index (χ4v) is 6.54. The molecule has 0 spiro atoms. The Morgan fingerprint density at radius 1 is 0.892 bits per heavy atom. The number of alkyl halides is 3. The molecule has 2 aromatic rings. The summed E-state index contributed by atoms with van der Waals surface area (Å²) in [5, 5.41) is 0. The van der Waals surface area contributed by atoms with E-state index in [2.05, 4.69) is 0 Å². The third-order valence-corrected chi connectivity index (χ3v) is 8.32. The van der Waals surface area contributed by atoms with Gasteiger partial charge in [0.25, 0.3) is 0 Å². The molecule has 37 heavy (non-hydrogen) atoms. The topological polar surface area (TPSA) is 69.7 Å². The number of Topliss-reactive ketones (excluding diaryl/α,β-unsaturated/α-hetero) is 1. The van der Waals surface area contributed by atoms with Gasteiger partial charge in [-0.2, -0.15) is 13.2 Å². The molecule has 0 heterocycles. The fraction of sp³-hybridized carbons (Fsp3) is 0.483. The molecule has 0 aromatic heterocycles. The summed E-state index contributed by atoms with van der Waals surface area (Å²) < 4.78 is 49.9. The van der Waals surface area contributed by atoms with Crippen LogP contribution in [0.4, 0.5) is 13.2 Å². The summed E-state index contributed by atoms with van der Waals surface area (Å²) in [4.78, 5) is 40.1. The smallest absolute Gasteiger partial charge is 0.416 e. The molecule has 4 atom stereocenters. The largest absolute Gasteiger partial charge is 0.465 e. The van der Waals surface area contributed by atoms with Crippen LogP contribution < -0.4 is 0 Å². The van der Waals surface area contributed by atoms with Gasteiger partial charge in [0, 0.05) is 16.9 Å². The van der Waals surface area contributed by atoms with Crippen molar-refractivity contribution in [2.45, 2.75) is 51.6 Å². The van der Waals surface area contributed by atoms with Crippen LogP contribution in [0.2, 0.25) is 0 Å². The lowest BCUT2D eigenvalue weighted by Crippen LogP contribution is -2.44. The Morgan fingerprint density at radius 3 is 1.97 bits per heavy atom. The predicted molar refractivity (Wildman–Crippen MR) is 130 cm³/mol. The van der Waals surface area contributed by atoms with E-state index in [9.17, 15) is 27.6 Å². The van der Waals surface area contributed by atoms with Crippen molar-refractivity contribution in [3.8, 4) is 0 Å². The van der Waals surface area contributed by atoms with Gasteiger partial charge in [0.2, 0.25) is 0 Å². The zero-order valence-electron chi connectivity index (χ0n) is 21.1. The van der Waals surface area contributed by atoms with Crippen LogP contribution in [-0.2, 0) is 30.7 Å². The van der Waals surface area contributed by atoms with Crippen LogP contribution >= 0.6 is 0 Å². The zero-order valence-corrected chi connectivity index (χ0v) is 21.1. The van der Waals surface area contributed by atoms with Gasteiger partial charge in [-0.1, -0.05) is 49.4 Å². The Bertz CT molecular complexity index is 1140. The SMILES string of the molecule is CCOC(=O)C1(C(=O)OCC)C[C@@H]2C[C@H](C(=O)c3ccc(C(F)(F)F)cc3)[C@@](C)(c3ccccc3)[C@@H]2C1. The van der Waals surface area contributed by atoms with Crippen molar-refractivity contribution in [2.75, 3.05) is 13.2 Å². The van der Waals surface area contributed by atoms with Gasteiger partial charge < -0.3 is 9.47 Å². The maximum Gasteiger partial charge on any atom is 0.416 e. The van der Waals surface area contributed by atoms with E-state index in [0.717, 1.165) is 17.7 Å². The first-order chi connectivity index (χ1) is 17.5. The molecule has 2 saturated carbocycles. The minimum absolute atomic E-state index is 0.125. The van der Waals surface area contributed by atoms with Crippen LogP contribution in [0, 0.1) is 23.2 Å². The molecule has 198 valence electrons. The maximum atomic E-state index is 13.8. The molecule has 5 nitrogen and oxygen atoms in total. The van der Waals surface area contributed by atoms with Crippen LogP contribution in [0.25, 0.3) is 0 Å². The highest BCUT2D eigenvalue weighted by Crippen LogP contribution is 2.64. The van der Waals surface area contributed by atoms with E-state index in [4.69, 9.17) is 9.47 Å². The van der Waals surface area contributed by atoms with Crippen molar-refractivity contribution < 1.29 is 37.0 Å². The lowest BCUT2D eigenvalue weighted by molar-refractivity contribution is -0.172. The van der Waals surface area contributed by atoms with Gasteiger partial charge in [-0.15, -0.1) is 0 Å². The molecule has 0 aliphatic heterocycles. The van der Waals surface area contributed by atoms with E-state index in [1.54, 1.807) is 13.8 Å². The molecular weight excluding hydrogens is 485 g/mol. The van der Waals surface area contributed by atoms with E-state index in [1.165, 1.54) is 12.1 Å².